The molecule has 0 spiro atoms. The van der Waals surface area contributed by atoms with Gasteiger partial charge in [0.2, 0.25) is 0 Å². The molecule has 18 heavy (non-hydrogen) atoms. The molecule has 96 valence electrons. The predicted molar refractivity (Wildman–Crippen MR) is 76.6 cm³/mol. The zero-order valence-corrected chi connectivity index (χ0v) is 12.2. The molecule has 0 saturated carbocycles. The molecule has 1 atom stereocenters. The van der Waals surface area contributed by atoms with E-state index in [1.807, 2.05) is 31.2 Å². The summed E-state index contributed by atoms with van der Waals surface area (Å²) in [6.07, 6.45) is 0.878. The summed E-state index contributed by atoms with van der Waals surface area (Å²) in [6.45, 7) is 4.19. The van der Waals surface area contributed by atoms with Crippen molar-refractivity contribution in [3.8, 4) is 11.3 Å². The normalized spacial score (nSPS) is 12.7. The van der Waals surface area contributed by atoms with Crippen LogP contribution in [0.15, 0.2) is 28.7 Å². The number of halogens is 1. The minimum absolute atomic E-state index is 0.0906. The number of hydrogen-bond acceptors (Lipinski definition) is 2. The Kier molecular flexibility index (Phi) is 4.19. The van der Waals surface area contributed by atoms with Gasteiger partial charge in [0, 0.05) is 21.6 Å². The number of aliphatic hydroxyl groups excluding tert-OH is 1. The first kappa shape index (κ1) is 13.3. The van der Waals surface area contributed by atoms with E-state index in [1.165, 1.54) is 0 Å². The number of nitrogens with one attached hydrogen (secondary N) is 1. The van der Waals surface area contributed by atoms with Crippen molar-refractivity contribution in [1.29, 1.82) is 0 Å². The highest BCUT2D eigenvalue weighted by Crippen LogP contribution is 2.26. The van der Waals surface area contributed by atoms with Gasteiger partial charge in [-0.2, -0.15) is 0 Å². The van der Waals surface area contributed by atoms with Crippen molar-refractivity contribution in [1.82, 2.24) is 9.97 Å². The van der Waals surface area contributed by atoms with E-state index in [-0.39, 0.29) is 12.5 Å². The monoisotopic (exact) mass is 308 g/mol. The van der Waals surface area contributed by atoms with Gasteiger partial charge in [0.1, 0.15) is 5.82 Å². The minimum Gasteiger partial charge on any atom is -0.396 e. The lowest BCUT2D eigenvalue weighted by molar-refractivity contribution is 0.258. The smallest absolute Gasteiger partial charge is 0.112 e. The number of aryl methyl sites for hydroxylation is 1. The van der Waals surface area contributed by atoms with Gasteiger partial charge >= 0.3 is 0 Å². The SMILES string of the molecule is CCC(CO)c1nc(-c2ccc(Br)cc2)c(C)[nH]1. The molecule has 0 amide bonds. The molecule has 2 rings (SSSR count). The van der Waals surface area contributed by atoms with Crippen molar-refractivity contribution < 1.29 is 5.11 Å². The largest absolute Gasteiger partial charge is 0.396 e. The Hall–Kier alpha value is -1.13. The van der Waals surface area contributed by atoms with Crippen LogP contribution in [0.4, 0.5) is 0 Å². The van der Waals surface area contributed by atoms with Crippen LogP contribution in [0.25, 0.3) is 11.3 Å². The molecule has 1 heterocycles. The summed E-state index contributed by atoms with van der Waals surface area (Å²) in [5.41, 5.74) is 3.09. The first-order valence-corrected chi connectivity index (χ1v) is 6.88. The van der Waals surface area contributed by atoms with E-state index < -0.39 is 0 Å². The van der Waals surface area contributed by atoms with E-state index in [2.05, 4.69) is 32.8 Å². The average molecular weight is 309 g/mol. The second-order valence-corrected chi connectivity index (χ2v) is 5.31. The number of H-pyrrole nitrogens is 1. The van der Waals surface area contributed by atoms with E-state index in [1.54, 1.807) is 0 Å². The molecule has 0 aliphatic rings. The van der Waals surface area contributed by atoms with Crippen LogP contribution in [0.3, 0.4) is 0 Å². The molecule has 0 saturated heterocycles. The molecule has 3 nitrogen and oxygen atoms in total. The summed E-state index contributed by atoms with van der Waals surface area (Å²) in [4.78, 5) is 7.90. The van der Waals surface area contributed by atoms with Gasteiger partial charge < -0.3 is 10.1 Å². The quantitative estimate of drug-likeness (QED) is 0.906. The Morgan fingerprint density at radius 2 is 2.00 bits per heavy atom. The Morgan fingerprint density at radius 1 is 1.33 bits per heavy atom. The lowest BCUT2D eigenvalue weighted by atomic mass is 10.1. The Bertz CT molecular complexity index is 515. The number of rotatable bonds is 4. The molecular formula is C14H17BrN2O. The molecule has 2 N–H and O–H groups in total. The third kappa shape index (κ3) is 2.65. The zero-order chi connectivity index (χ0) is 13.1. The van der Waals surface area contributed by atoms with Crippen LogP contribution in [0.2, 0.25) is 0 Å². The summed E-state index contributed by atoms with van der Waals surface area (Å²) in [7, 11) is 0. The van der Waals surface area contributed by atoms with Crippen LogP contribution in [-0.4, -0.2) is 21.7 Å². The third-order valence-corrected chi connectivity index (χ3v) is 3.65. The first-order chi connectivity index (χ1) is 8.65. The van der Waals surface area contributed by atoms with Crippen molar-refractivity contribution in [3.05, 3.63) is 40.3 Å². The Morgan fingerprint density at radius 3 is 2.56 bits per heavy atom. The summed E-state index contributed by atoms with van der Waals surface area (Å²) in [5, 5.41) is 9.32. The highest BCUT2D eigenvalue weighted by Gasteiger charge is 2.15. The van der Waals surface area contributed by atoms with Gasteiger partial charge in [-0.3, -0.25) is 0 Å². The molecule has 0 aliphatic carbocycles. The summed E-state index contributed by atoms with van der Waals surface area (Å²) < 4.78 is 1.06. The van der Waals surface area contributed by atoms with E-state index in [0.717, 1.165) is 33.7 Å². The molecule has 4 heteroatoms. The Balaban J connectivity index is 2.37. The minimum atomic E-state index is 0.0906. The van der Waals surface area contributed by atoms with E-state index in [0.29, 0.717) is 0 Å². The molecule has 0 bridgehead atoms. The molecular weight excluding hydrogens is 292 g/mol. The number of hydrogen-bond donors (Lipinski definition) is 2. The van der Waals surface area contributed by atoms with Crippen LogP contribution in [0.5, 0.6) is 0 Å². The van der Waals surface area contributed by atoms with Crippen LogP contribution >= 0.6 is 15.9 Å². The fraction of sp³-hybridized carbons (Fsp3) is 0.357. The van der Waals surface area contributed by atoms with Crippen molar-refractivity contribution >= 4 is 15.9 Å². The highest BCUT2D eigenvalue weighted by molar-refractivity contribution is 9.10. The van der Waals surface area contributed by atoms with Gasteiger partial charge in [0.15, 0.2) is 0 Å². The number of imidazole rings is 1. The van der Waals surface area contributed by atoms with E-state index in [4.69, 9.17) is 0 Å². The standard InChI is InChI=1S/C14H17BrN2O/c1-3-10(8-18)14-16-9(2)13(17-14)11-4-6-12(15)7-5-11/h4-7,10,18H,3,8H2,1-2H3,(H,16,17). The summed E-state index contributed by atoms with van der Waals surface area (Å²) in [6, 6.07) is 8.09. The van der Waals surface area contributed by atoms with E-state index >= 15 is 0 Å². The number of aromatic amines is 1. The summed E-state index contributed by atoms with van der Waals surface area (Å²) in [5.74, 6) is 0.961. The molecule has 0 fully saturated rings. The van der Waals surface area contributed by atoms with Crippen molar-refractivity contribution in [2.24, 2.45) is 0 Å². The number of benzene rings is 1. The third-order valence-electron chi connectivity index (χ3n) is 3.12. The molecule has 2 aromatic rings. The average Bonchev–Trinajstić information content (AvgIpc) is 2.74. The first-order valence-electron chi connectivity index (χ1n) is 6.09. The van der Waals surface area contributed by atoms with Crippen LogP contribution in [-0.2, 0) is 0 Å². The maximum Gasteiger partial charge on any atom is 0.112 e. The van der Waals surface area contributed by atoms with Crippen molar-refractivity contribution in [3.63, 3.8) is 0 Å². The zero-order valence-electron chi connectivity index (χ0n) is 10.6. The lowest BCUT2D eigenvalue weighted by Gasteiger charge is -2.06. The summed E-state index contributed by atoms with van der Waals surface area (Å²) >= 11 is 3.43. The molecule has 1 aromatic carbocycles. The molecule has 0 aliphatic heterocycles. The van der Waals surface area contributed by atoms with Crippen LogP contribution in [0.1, 0.15) is 30.8 Å². The van der Waals surface area contributed by atoms with Gasteiger partial charge in [0.05, 0.1) is 12.3 Å². The highest BCUT2D eigenvalue weighted by atomic mass is 79.9. The second kappa shape index (κ2) is 5.67. The lowest BCUT2D eigenvalue weighted by Crippen LogP contribution is -2.04. The fourth-order valence-corrected chi connectivity index (χ4v) is 2.24. The van der Waals surface area contributed by atoms with Gasteiger partial charge in [-0.1, -0.05) is 35.0 Å². The molecule has 1 unspecified atom stereocenters. The molecule has 0 radical (unpaired) electrons. The van der Waals surface area contributed by atoms with Crippen LogP contribution in [0, 0.1) is 6.92 Å². The maximum atomic E-state index is 9.32. The predicted octanol–water partition coefficient (Wildman–Crippen LogP) is 3.63. The number of aliphatic hydroxyl groups is 1. The van der Waals surface area contributed by atoms with Gasteiger partial charge in [-0.15, -0.1) is 0 Å². The van der Waals surface area contributed by atoms with Crippen LogP contribution < -0.4 is 0 Å². The fourth-order valence-electron chi connectivity index (χ4n) is 1.97. The van der Waals surface area contributed by atoms with Gasteiger partial charge in [-0.05, 0) is 25.5 Å². The maximum absolute atomic E-state index is 9.32. The van der Waals surface area contributed by atoms with Crippen molar-refractivity contribution in [2.75, 3.05) is 6.61 Å². The van der Waals surface area contributed by atoms with Gasteiger partial charge in [-0.25, -0.2) is 4.98 Å². The van der Waals surface area contributed by atoms with E-state index in [9.17, 15) is 5.11 Å². The number of nitrogens with zero attached hydrogens (tertiary/aromatic N) is 1. The molecule has 1 aromatic heterocycles. The van der Waals surface area contributed by atoms with Gasteiger partial charge in [0.25, 0.3) is 0 Å². The topological polar surface area (TPSA) is 48.9 Å². The second-order valence-electron chi connectivity index (χ2n) is 4.39. The Labute approximate surface area is 115 Å². The number of aromatic nitrogens is 2. The van der Waals surface area contributed by atoms with Crippen molar-refractivity contribution in [2.45, 2.75) is 26.2 Å².